The van der Waals surface area contributed by atoms with E-state index in [-0.39, 0.29) is 18.0 Å². The third kappa shape index (κ3) is 6.24. The van der Waals surface area contributed by atoms with E-state index in [0.717, 1.165) is 37.1 Å². The van der Waals surface area contributed by atoms with Crippen molar-refractivity contribution in [3.8, 4) is 0 Å². The molecule has 2 aromatic carbocycles. The number of hydrogen-bond donors (Lipinski definition) is 1. The zero-order chi connectivity index (χ0) is 19.8. The van der Waals surface area contributed by atoms with Gasteiger partial charge in [0.2, 0.25) is 5.91 Å². The van der Waals surface area contributed by atoms with E-state index in [1.807, 2.05) is 30.3 Å². The molecule has 0 radical (unpaired) electrons. The van der Waals surface area contributed by atoms with Gasteiger partial charge in [0.25, 0.3) is 0 Å². The molecular formula is C22H27ClN2O2S. The summed E-state index contributed by atoms with van der Waals surface area (Å²) in [5, 5.41) is 3.94. The summed E-state index contributed by atoms with van der Waals surface area (Å²) in [4.78, 5) is 14.9. The van der Waals surface area contributed by atoms with Crippen molar-refractivity contribution in [2.24, 2.45) is 0 Å². The Morgan fingerprint density at radius 1 is 1.14 bits per heavy atom. The summed E-state index contributed by atoms with van der Waals surface area (Å²) in [5.74, 6) is 1.31. The van der Waals surface area contributed by atoms with Gasteiger partial charge >= 0.3 is 0 Å². The lowest BCUT2D eigenvalue weighted by Crippen LogP contribution is -2.48. The number of ether oxygens (including phenoxy) is 1. The molecule has 1 saturated heterocycles. The number of carbonyl (C=O) groups is 1. The molecule has 6 heteroatoms. The number of amides is 1. The summed E-state index contributed by atoms with van der Waals surface area (Å²) in [6, 6.07) is 18.3. The second-order valence-corrected chi connectivity index (χ2v) is 8.40. The predicted molar refractivity (Wildman–Crippen MR) is 117 cm³/mol. The highest BCUT2D eigenvalue weighted by Crippen LogP contribution is 2.25. The third-order valence-corrected chi connectivity index (χ3v) is 6.11. The molecule has 0 aliphatic carbocycles. The zero-order valence-electron chi connectivity index (χ0n) is 16.1. The summed E-state index contributed by atoms with van der Waals surface area (Å²) >= 11 is 7.53. The quantitative estimate of drug-likeness (QED) is 0.699. The molecule has 2 atom stereocenters. The van der Waals surface area contributed by atoms with Crippen molar-refractivity contribution in [2.75, 3.05) is 32.1 Å². The number of benzene rings is 2. The summed E-state index contributed by atoms with van der Waals surface area (Å²) < 4.78 is 5.51. The van der Waals surface area contributed by atoms with Crippen LogP contribution >= 0.6 is 23.4 Å². The molecule has 1 aliphatic rings. The van der Waals surface area contributed by atoms with Crippen molar-refractivity contribution in [3.05, 3.63) is 70.7 Å². The Bertz CT molecular complexity index is 736. The van der Waals surface area contributed by atoms with Crippen LogP contribution in [0.4, 0.5) is 0 Å². The van der Waals surface area contributed by atoms with E-state index < -0.39 is 0 Å². The van der Waals surface area contributed by atoms with Gasteiger partial charge in [0.1, 0.15) is 0 Å². The van der Waals surface area contributed by atoms with Crippen LogP contribution in [-0.2, 0) is 15.3 Å². The normalized spacial score (nSPS) is 17.1. The topological polar surface area (TPSA) is 41.6 Å². The molecule has 150 valence electrons. The van der Waals surface area contributed by atoms with E-state index in [9.17, 15) is 4.79 Å². The fourth-order valence-corrected chi connectivity index (χ4v) is 4.46. The Kier molecular flexibility index (Phi) is 8.22. The van der Waals surface area contributed by atoms with Crippen LogP contribution in [0, 0.1) is 0 Å². The van der Waals surface area contributed by atoms with Gasteiger partial charge in [-0.05, 0) is 30.2 Å². The number of nitrogens with zero attached hydrogens (tertiary/aromatic N) is 1. The number of carbonyl (C=O) groups excluding carboxylic acids is 1. The number of rotatable bonds is 8. The molecule has 0 bridgehead atoms. The number of thioether (sulfide) groups is 1. The van der Waals surface area contributed by atoms with Gasteiger partial charge in [-0.15, -0.1) is 11.8 Å². The maximum atomic E-state index is 12.5. The molecule has 0 spiro atoms. The van der Waals surface area contributed by atoms with Crippen LogP contribution in [0.2, 0.25) is 5.02 Å². The van der Waals surface area contributed by atoms with Gasteiger partial charge in [0.15, 0.2) is 0 Å². The fourth-order valence-electron chi connectivity index (χ4n) is 3.54. The molecule has 3 rings (SSSR count). The van der Waals surface area contributed by atoms with Crippen LogP contribution < -0.4 is 5.32 Å². The first kappa shape index (κ1) is 21.2. The zero-order valence-corrected chi connectivity index (χ0v) is 17.7. The highest BCUT2D eigenvalue weighted by atomic mass is 35.5. The van der Waals surface area contributed by atoms with Gasteiger partial charge < -0.3 is 10.1 Å². The van der Waals surface area contributed by atoms with E-state index in [2.05, 4.69) is 41.4 Å². The first-order valence-corrected chi connectivity index (χ1v) is 11.1. The van der Waals surface area contributed by atoms with E-state index in [0.29, 0.717) is 5.75 Å². The van der Waals surface area contributed by atoms with Crippen LogP contribution in [0.15, 0.2) is 54.6 Å². The van der Waals surface area contributed by atoms with Crippen molar-refractivity contribution < 1.29 is 9.53 Å². The molecular weight excluding hydrogens is 392 g/mol. The average Bonchev–Trinajstić information content (AvgIpc) is 2.71. The molecule has 1 amide bonds. The molecule has 1 N–H and O–H groups in total. The smallest absolute Gasteiger partial charge is 0.230 e. The van der Waals surface area contributed by atoms with Crippen molar-refractivity contribution in [3.63, 3.8) is 0 Å². The monoisotopic (exact) mass is 418 g/mol. The lowest BCUT2D eigenvalue weighted by molar-refractivity contribution is -0.119. The number of halogens is 1. The minimum Gasteiger partial charge on any atom is -0.379 e. The van der Waals surface area contributed by atoms with Gasteiger partial charge in [-0.25, -0.2) is 0 Å². The standard InChI is InChI=1S/C22H27ClN2O2S/c1-17(24-21(26)16-28-15-18-7-9-20(23)10-8-18)22(19-5-3-2-4-6-19)25-11-13-27-14-12-25/h2-10,17,22H,11-16H2,1H3,(H,24,26)/t17-,22-/m1/s1. The number of hydrogen-bond acceptors (Lipinski definition) is 4. The molecule has 0 saturated carbocycles. The maximum absolute atomic E-state index is 12.5. The van der Waals surface area contributed by atoms with Gasteiger partial charge in [-0.1, -0.05) is 54.1 Å². The molecule has 1 aliphatic heterocycles. The Morgan fingerprint density at radius 3 is 2.50 bits per heavy atom. The van der Waals surface area contributed by atoms with E-state index in [1.165, 1.54) is 11.1 Å². The fraction of sp³-hybridized carbons (Fsp3) is 0.409. The molecule has 0 unspecified atom stereocenters. The molecule has 1 fully saturated rings. The maximum Gasteiger partial charge on any atom is 0.230 e. The average molecular weight is 419 g/mol. The van der Waals surface area contributed by atoms with Crippen molar-refractivity contribution in [1.29, 1.82) is 0 Å². The third-order valence-electron chi connectivity index (χ3n) is 4.86. The van der Waals surface area contributed by atoms with Crippen LogP contribution in [0.3, 0.4) is 0 Å². The van der Waals surface area contributed by atoms with E-state index >= 15 is 0 Å². The first-order valence-electron chi connectivity index (χ1n) is 9.62. The predicted octanol–water partition coefficient (Wildman–Crippen LogP) is 4.15. The van der Waals surface area contributed by atoms with Crippen molar-refractivity contribution in [1.82, 2.24) is 10.2 Å². The van der Waals surface area contributed by atoms with E-state index in [1.54, 1.807) is 11.8 Å². The second kappa shape index (κ2) is 10.9. The summed E-state index contributed by atoms with van der Waals surface area (Å²) in [6.45, 7) is 5.33. The summed E-state index contributed by atoms with van der Waals surface area (Å²) in [5.41, 5.74) is 2.40. The van der Waals surface area contributed by atoms with Gasteiger partial charge in [0.05, 0.1) is 25.0 Å². The van der Waals surface area contributed by atoms with Crippen molar-refractivity contribution in [2.45, 2.75) is 24.8 Å². The van der Waals surface area contributed by atoms with Crippen molar-refractivity contribution >= 4 is 29.3 Å². The number of morpholine rings is 1. The molecule has 4 nitrogen and oxygen atoms in total. The number of nitrogens with one attached hydrogen (secondary N) is 1. The van der Waals surface area contributed by atoms with Gasteiger partial charge in [-0.2, -0.15) is 0 Å². The van der Waals surface area contributed by atoms with Crippen LogP contribution in [0.1, 0.15) is 24.1 Å². The Labute approximate surface area is 176 Å². The van der Waals surface area contributed by atoms with Crippen LogP contribution in [-0.4, -0.2) is 48.9 Å². The minimum absolute atomic E-state index is 0.0177. The summed E-state index contributed by atoms with van der Waals surface area (Å²) in [7, 11) is 0. The molecule has 0 aromatic heterocycles. The summed E-state index contributed by atoms with van der Waals surface area (Å²) in [6.07, 6.45) is 0. The van der Waals surface area contributed by atoms with Gasteiger partial charge in [0, 0.05) is 29.9 Å². The molecule has 28 heavy (non-hydrogen) atoms. The lowest BCUT2D eigenvalue weighted by atomic mass is 9.98. The Morgan fingerprint density at radius 2 is 1.82 bits per heavy atom. The van der Waals surface area contributed by atoms with Gasteiger partial charge in [-0.3, -0.25) is 9.69 Å². The molecule has 1 heterocycles. The second-order valence-electron chi connectivity index (χ2n) is 6.98. The first-order chi connectivity index (χ1) is 13.6. The Balaban J connectivity index is 1.55. The highest BCUT2D eigenvalue weighted by Gasteiger charge is 2.28. The Hall–Kier alpha value is -1.53. The minimum atomic E-state index is 0.0177. The molecule has 2 aromatic rings. The SMILES string of the molecule is C[C@@H](NC(=O)CSCc1ccc(Cl)cc1)[C@H](c1ccccc1)N1CCOCC1. The highest BCUT2D eigenvalue weighted by molar-refractivity contribution is 7.99. The van der Waals surface area contributed by atoms with Crippen LogP contribution in [0.5, 0.6) is 0 Å². The van der Waals surface area contributed by atoms with Crippen LogP contribution in [0.25, 0.3) is 0 Å². The van der Waals surface area contributed by atoms with E-state index in [4.69, 9.17) is 16.3 Å². The largest absolute Gasteiger partial charge is 0.379 e. The lowest BCUT2D eigenvalue weighted by Gasteiger charge is -2.38.